The van der Waals surface area contributed by atoms with Gasteiger partial charge in [-0.05, 0) is 77.6 Å². The lowest BCUT2D eigenvalue weighted by Crippen LogP contribution is -2.57. The van der Waals surface area contributed by atoms with E-state index < -0.39 is 0 Å². The van der Waals surface area contributed by atoms with Crippen molar-refractivity contribution >= 4 is 29.6 Å². The lowest BCUT2D eigenvalue weighted by molar-refractivity contribution is -0.126. The molecular weight excluding hydrogens is 522 g/mol. The molecule has 3 fully saturated rings. The first-order valence-electron chi connectivity index (χ1n) is 16.0. The van der Waals surface area contributed by atoms with Crippen molar-refractivity contribution in [2.75, 3.05) is 32.7 Å². The smallest absolute Gasteiger partial charge is 0.315 e. The van der Waals surface area contributed by atoms with E-state index >= 15 is 0 Å². The van der Waals surface area contributed by atoms with Gasteiger partial charge in [-0.1, -0.05) is 0 Å². The zero-order valence-electron chi connectivity index (χ0n) is 24.5. The van der Waals surface area contributed by atoms with Crippen molar-refractivity contribution in [1.82, 2.24) is 37.2 Å². The van der Waals surface area contributed by atoms with E-state index in [1.807, 2.05) is 6.92 Å². The molecule has 0 bridgehead atoms. The number of urea groups is 2. The molecule has 3 unspecified atom stereocenters. The second-order valence-electron chi connectivity index (χ2n) is 12.3. The zero-order valence-corrected chi connectivity index (χ0v) is 24.5. The number of aliphatic imine (C=N–C) groups is 2. The monoisotopic (exact) mass is 571 g/mol. The minimum absolute atomic E-state index is 0.0378. The maximum absolute atomic E-state index is 13.1. The summed E-state index contributed by atoms with van der Waals surface area (Å²) in [4.78, 5) is 47.9. The number of amidine groups is 2. The van der Waals surface area contributed by atoms with Gasteiger partial charge in [0, 0.05) is 55.6 Å². The summed E-state index contributed by atoms with van der Waals surface area (Å²) in [6.07, 6.45) is 9.65. The average Bonchev–Trinajstić information content (AvgIpc) is 3.70. The first-order valence-corrected chi connectivity index (χ1v) is 16.0. The summed E-state index contributed by atoms with van der Waals surface area (Å²) in [6.45, 7) is 6.04. The van der Waals surface area contributed by atoms with Crippen molar-refractivity contribution in [3.63, 3.8) is 0 Å². The molecule has 3 atom stereocenters. The fourth-order valence-electron chi connectivity index (χ4n) is 7.29. The lowest BCUT2D eigenvalue weighted by atomic mass is 9.81. The van der Waals surface area contributed by atoms with E-state index in [2.05, 4.69) is 47.2 Å². The van der Waals surface area contributed by atoms with Gasteiger partial charge < -0.3 is 37.2 Å². The standard InChI is InChI=1S/C29H49N9O3/c1-2-30-27(39)23-12-11-22(37-28(40)35-20-7-3-18(4-8-20)25-31-13-14-32-25)17-24(23)38-29(41)36-21-9-5-19(6-10-21)26-33-15-16-34-26/h18-24H,2-17H2,1H3,(H,30,39)(H,31,32)(H,33,34)(H2,35,37,40)(H2,36,38,41). The van der Waals surface area contributed by atoms with Crippen LogP contribution in [0.5, 0.6) is 0 Å². The molecule has 2 heterocycles. The van der Waals surface area contributed by atoms with E-state index in [0.29, 0.717) is 37.6 Å². The predicted octanol–water partition coefficient (Wildman–Crippen LogP) is 1.38. The summed E-state index contributed by atoms with van der Waals surface area (Å²) in [5, 5.41) is 22.2. The van der Waals surface area contributed by atoms with Crippen LogP contribution < -0.4 is 37.2 Å². The fraction of sp³-hybridized carbons (Fsp3) is 0.828. The Hall–Kier alpha value is -3.05. The van der Waals surface area contributed by atoms with Gasteiger partial charge in [-0.3, -0.25) is 14.8 Å². The van der Waals surface area contributed by atoms with E-state index in [-0.39, 0.29) is 48.1 Å². The Morgan fingerprint density at radius 1 is 0.683 bits per heavy atom. The van der Waals surface area contributed by atoms with E-state index in [4.69, 9.17) is 0 Å². The number of carbonyl (C=O) groups excluding carboxylic acids is 3. The summed E-state index contributed by atoms with van der Waals surface area (Å²) >= 11 is 0. The van der Waals surface area contributed by atoms with Crippen LogP contribution in [0.15, 0.2) is 9.98 Å². The second-order valence-corrected chi connectivity index (χ2v) is 12.3. The molecule has 0 aromatic heterocycles. The van der Waals surface area contributed by atoms with Gasteiger partial charge in [0.15, 0.2) is 0 Å². The second kappa shape index (κ2) is 14.2. The molecule has 5 aliphatic rings. The van der Waals surface area contributed by atoms with Crippen molar-refractivity contribution in [3.05, 3.63) is 0 Å². The van der Waals surface area contributed by atoms with Crippen molar-refractivity contribution in [1.29, 1.82) is 0 Å². The van der Waals surface area contributed by atoms with E-state index in [1.54, 1.807) is 0 Å². The highest BCUT2D eigenvalue weighted by molar-refractivity contribution is 5.86. The third-order valence-corrected chi connectivity index (χ3v) is 9.49. The van der Waals surface area contributed by atoms with Crippen molar-refractivity contribution < 1.29 is 14.4 Å². The van der Waals surface area contributed by atoms with Crippen LogP contribution in [0.1, 0.15) is 77.6 Å². The highest BCUT2D eigenvalue weighted by Crippen LogP contribution is 2.28. The lowest BCUT2D eigenvalue weighted by Gasteiger charge is -2.37. The van der Waals surface area contributed by atoms with E-state index in [9.17, 15) is 14.4 Å². The average molecular weight is 572 g/mol. The Labute approximate surface area is 243 Å². The molecule has 5 amide bonds. The third kappa shape index (κ3) is 8.03. The number of rotatable bonds is 8. The van der Waals surface area contributed by atoms with Gasteiger partial charge in [0.1, 0.15) is 0 Å². The number of nitrogens with zero attached hydrogens (tertiary/aromatic N) is 2. The van der Waals surface area contributed by atoms with Crippen LogP contribution in [0.2, 0.25) is 0 Å². The van der Waals surface area contributed by atoms with Gasteiger partial charge in [0.2, 0.25) is 5.91 Å². The Kier molecular flexibility index (Phi) is 10.2. The Morgan fingerprint density at radius 2 is 1.17 bits per heavy atom. The molecule has 7 N–H and O–H groups in total. The first-order chi connectivity index (χ1) is 20.0. The van der Waals surface area contributed by atoms with Crippen LogP contribution in [0, 0.1) is 17.8 Å². The number of carbonyl (C=O) groups is 3. The van der Waals surface area contributed by atoms with E-state index in [1.165, 1.54) is 0 Å². The molecule has 3 aliphatic carbocycles. The number of hydrogen-bond donors (Lipinski definition) is 7. The summed E-state index contributed by atoms with van der Waals surface area (Å²) in [6, 6.07) is -0.559. The maximum atomic E-state index is 13.1. The Morgan fingerprint density at radius 3 is 1.66 bits per heavy atom. The molecule has 0 aromatic rings. The molecular formula is C29H49N9O3. The predicted molar refractivity (Wildman–Crippen MR) is 159 cm³/mol. The number of nitrogens with one attached hydrogen (secondary N) is 7. The molecule has 12 heteroatoms. The Balaban J connectivity index is 1.08. The van der Waals surface area contributed by atoms with Crippen LogP contribution in [0.3, 0.4) is 0 Å². The van der Waals surface area contributed by atoms with Gasteiger partial charge in [-0.25, -0.2) is 9.59 Å². The molecule has 228 valence electrons. The van der Waals surface area contributed by atoms with Gasteiger partial charge >= 0.3 is 12.1 Å². The van der Waals surface area contributed by atoms with Gasteiger partial charge in [-0.2, -0.15) is 0 Å². The minimum Gasteiger partial charge on any atom is -0.372 e. The summed E-state index contributed by atoms with van der Waals surface area (Å²) in [5.41, 5.74) is 0. The van der Waals surface area contributed by atoms with Crippen LogP contribution in [0.4, 0.5) is 9.59 Å². The molecule has 0 radical (unpaired) electrons. The fourth-order valence-corrected chi connectivity index (χ4v) is 7.29. The molecule has 0 saturated heterocycles. The molecule has 12 nitrogen and oxygen atoms in total. The zero-order chi connectivity index (χ0) is 28.6. The van der Waals surface area contributed by atoms with Crippen LogP contribution >= 0.6 is 0 Å². The van der Waals surface area contributed by atoms with E-state index in [0.717, 1.165) is 89.2 Å². The third-order valence-electron chi connectivity index (χ3n) is 9.49. The summed E-state index contributed by atoms with van der Waals surface area (Å²) in [7, 11) is 0. The highest BCUT2D eigenvalue weighted by atomic mass is 16.2. The van der Waals surface area contributed by atoms with Crippen molar-refractivity contribution in [2.24, 2.45) is 27.7 Å². The minimum atomic E-state index is -0.343. The highest BCUT2D eigenvalue weighted by Gasteiger charge is 2.37. The number of amides is 5. The molecule has 0 aromatic carbocycles. The molecule has 0 spiro atoms. The summed E-state index contributed by atoms with van der Waals surface area (Å²) < 4.78 is 0. The van der Waals surface area contributed by atoms with Crippen LogP contribution in [0.25, 0.3) is 0 Å². The number of hydrogen-bond acceptors (Lipinski definition) is 7. The Bertz CT molecular complexity index is 986. The first kappa shape index (κ1) is 29.4. The molecule has 5 rings (SSSR count). The van der Waals surface area contributed by atoms with Crippen LogP contribution in [-0.4, -0.2) is 86.5 Å². The van der Waals surface area contributed by atoms with Gasteiger partial charge in [-0.15, -0.1) is 0 Å². The van der Waals surface area contributed by atoms with Crippen LogP contribution in [-0.2, 0) is 4.79 Å². The van der Waals surface area contributed by atoms with Gasteiger partial charge in [0.05, 0.1) is 30.7 Å². The largest absolute Gasteiger partial charge is 0.372 e. The molecule has 3 saturated carbocycles. The molecule has 41 heavy (non-hydrogen) atoms. The summed E-state index contributed by atoms with van der Waals surface area (Å²) in [5.74, 6) is 2.87. The molecule has 2 aliphatic heterocycles. The normalized spacial score (nSPS) is 33.3. The SMILES string of the molecule is CCNC(=O)C1CCC(NC(=O)NC2CCC(C3=NCCN3)CC2)CC1NC(=O)NC1CCC(C2=NCCN2)CC1. The quantitative estimate of drug-likeness (QED) is 0.234. The van der Waals surface area contributed by atoms with Crippen molar-refractivity contribution in [3.8, 4) is 0 Å². The maximum Gasteiger partial charge on any atom is 0.315 e. The van der Waals surface area contributed by atoms with Gasteiger partial charge in [0.25, 0.3) is 0 Å². The topological polar surface area (TPSA) is 160 Å². The van der Waals surface area contributed by atoms with Crippen molar-refractivity contribution in [2.45, 2.75) is 102 Å².